The smallest absolute Gasteiger partial charge is 0.150 e. The fourth-order valence-corrected chi connectivity index (χ4v) is 2.14. The van der Waals surface area contributed by atoms with Gasteiger partial charge in [-0.25, -0.2) is 0 Å². The zero-order valence-electron chi connectivity index (χ0n) is 10.1. The lowest BCUT2D eigenvalue weighted by molar-refractivity contribution is -0.231. The molecular formula is C13H16O6. The van der Waals surface area contributed by atoms with Crippen LogP contribution in [0.2, 0.25) is 0 Å². The Morgan fingerprint density at radius 3 is 2.21 bits per heavy atom. The number of ether oxygens (including phenoxy) is 1. The van der Waals surface area contributed by atoms with E-state index in [2.05, 4.69) is 0 Å². The molecular weight excluding hydrogens is 252 g/mol. The van der Waals surface area contributed by atoms with Gasteiger partial charge in [-0.15, -0.1) is 0 Å². The van der Waals surface area contributed by atoms with Crippen LogP contribution in [0.4, 0.5) is 0 Å². The van der Waals surface area contributed by atoms with Gasteiger partial charge in [-0.05, 0) is 5.56 Å². The summed E-state index contributed by atoms with van der Waals surface area (Å²) in [7, 11) is 0. The molecule has 0 radical (unpaired) electrons. The van der Waals surface area contributed by atoms with Crippen molar-refractivity contribution in [3.8, 4) is 0 Å². The Hall–Kier alpha value is -1.31. The summed E-state index contributed by atoms with van der Waals surface area (Å²) in [5.41, 5.74) is 1.04. The summed E-state index contributed by atoms with van der Waals surface area (Å²) in [4.78, 5) is 10.6. The van der Waals surface area contributed by atoms with Crippen molar-refractivity contribution in [1.29, 1.82) is 0 Å². The number of aliphatic hydroxyl groups excluding tert-OH is 4. The quantitative estimate of drug-likeness (QED) is 0.525. The number of aliphatic hydroxyl groups is 4. The fraction of sp³-hybridized carbons (Fsp3) is 0.462. The Balaban J connectivity index is 2.24. The van der Waals surface area contributed by atoms with Crippen LogP contribution in [0.3, 0.4) is 0 Å². The van der Waals surface area contributed by atoms with Crippen molar-refractivity contribution in [2.75, 3.05) is 6.61 Å². The Kier molecular flexibility index (Phi) is 4.28. The van der Waals surface area contributed by atoms with E-state index in [0.29, 0.717) is 17.4 Å². The van der Waals surface area contributed by atoms with Gasteiger partial charge in [0.2, 0.25) is 0 Å². The number of carbonyl (C=O) groups is 1. The van der Waals surface area contributed by atoms with Crippen molar-refractivity contribution >= 4 is 6.29 Å². The predicted molar refractivity (Wildman–Crippen MR) is 64.5 cm³/mol. The first-order valence-corrected chi connectivity index (χ1v) is 5.94. The minimum absolute atomic E-state index is 0.464. The van der Waals surface area contributed by atoms with Crippen molar-refractivity contribution in [3.05, 3.63) is 35.4 Å². The lowest BCUT2D eigenvalue weighted by Gasteiger charge is -2.40. The molecule has 4 N–H and O–H groups in total. The van der Waals surface area contributed by atoms with E-state index in [4.69, 9.17) is 9.84 Å². The van der Waals surface area contributed by atoms with Gasteiger partial charge in [0.15, 0.2) is 0 Å². The van der Waals surface area contributed by atoms with Gasteiger partial charge in [0.1, 0.15) is 36.8 Å². The molecule has 1 fully saturated rings. The highest BCUT2D eigenvalue weighted by atomic mass is 16.5. The molecule has 19 heavy (non-hydrogen) atoms. The highest BCUT2D eigenvalue weighted by Gasteiger charge is 2.43. The molecule has 6 nitrogen and oxygen atoms in total. The molecule has 0 aromatic heterocycles. The highest BCUT2D eigenvalue weighted by molar-refractivity contribution is 5.74. The van der Waals surface area contributed by atoms with E-state index in [-0.39, 0.29) is 0 Å². The zero-order chi connectivity index (χ0) is 14.0. The van der Waals surface area contributed by atoms with Gasteiger partial charge >= 0.3 is 0 Å². The van der Waals surface area contributed by atoms with Crippen molar-refractivity contribution in [2.24, 2.45) is 0 Å². The van der Waals surface area contributed by atoms with E-state index in [9.17, 15) is 20.1 Å². The topological polar surface area (TPSA) is 107 Å². The minimum Gasteiger partial charge on any atom is -0.394 e. The van der Waals surface area contributed by atoms with Crippen LogP contribution in [-0.2, 0) is 4.74 Å². The van der Waals surface area contributed by atoms with Crippen LogP contribution in [-0.4, -0.2) is 57.7 Å². The summed E-state index contributed by atoms with van der Waals surface area (Å²) in [6, 6.07) is 6.31. The predicted octanol–water partition coefficient (Wildman–Crippen LogP) is -0.986. The SMILES string of the molecule is O=Cc1ccc([C@@H]2O[C@H](CO)[C@@H](O)[C@H](O)[C@H]2O)cc1. The second kappa shape index (κ2) is 5.77. The first kappa shape index (κ1) is 14.1. The fourth-order valence-electron chi connectivity index (χ4n) is 2.14. The van der Waals surface area contributed by atoms with Crippen LogP contribution < -0.4 is 0 Å². The van der Waals surface area contributed by atoms with E-state index in [1.165, 1.54) is 0 Å². The third-order valence-electron chi connectivity index (χ3n) is 3.29. The summed E-state index contributed by atoms with van der Waals surface area (Å²) in [5, 5.41) is 38.3. The van der Waals surface area contributed by atoms with Gasteiger partial charge in [-0.2, -0.15) is 0 Å². The molecule has 1 aliphatic heterocycles. The van der Waals surface area contributed by atoms with E-state index < -0.39 is 37.1 Å². The van der Waals surface area contributed by atoms with Crippen molar-refractivity contribution in [2.45, 2.75) is 30.5 Å². The molecule has 1 heterocycles. The number of carbonyl (C=O) groups excluding carboxylic acids is 1. The number of benzene rings is 1. The largest absolute Gasteiger partial charge is 0.394 e. The van der Waals surface area contributed by atoms with E-state index in [1.807, 2.05) is 0 Å². The van der Waals surface area contributed by atoms with Crippen molar-refractivity contribution in [1.82, 2.24) is 0 Å². The molecule has 2 rings (SSSR count). The van der Waals surface area contributed by atoms with Gasteiger partial charge in [0, 0.05) is 5.56 Å². The Morgan fingerprint density at radius 1 is 1.05 bits per heavy atom. The first-order chi connectivity index (χ1) is 9.08. The van der Waals surface area contributed by atoms with Crippen molar-refractivity contribution in [3.63, 3.8) is 0 Å². The number of aldehydes is 1. The van der Waals surface area contributed by atoms with E-state index >= 15 is 0 Å². The maximum atomic E-state index is 10.6. The van der Waals surface area contributed by atoms with E-state index in [1.54, 1.807) is 24.3 Å². The number of rotatable bonds is 3. The summed E-state index contributed by atoms with van der Waals surface area (Å²) >= 11 is 0. The number of hydrogen-bond acceptors (Lipinski definition) is 6. The van der Waals surface area contributed by atoms with Gasteiger partial charge in [-0.3, -0.25) is 4.79 Å². The molecule has 0 unspecified atom stereocenters. The molecule has 1 saturated heterocycles. The molecule has 5 atom stereocenters. The van der Waals surface area contributed by atoms with E-state index in [0.717, 1.165) is 0 Å². The molecule has 0 amide bonds. The lowest BCUT2D eigenvalue weighted by atomic mass is 9.91. The molecule has 1 aliphatic rings. The lowest BCUT2D eigenvalue weighted by Crippen LogP contribution is -2.55. The van der Waals surface area contributed by atoms with Crippen LogP contribution in [0.25, 0.3) is 0 Å². The summed E-state index contributed by atoms with van der Waals surface area (Å²) in [6.45, 7) is -0.464. The van der Waals surface area contributed by atoms with Gasteiger partial charge in [0.25, 0.3) is 0 Å². The summed E-state index contributed by atoms with van der Waals surface area (Å²) < 4.78 is 5.39. The second-order valence-corrected chi connectivity index (χ2v) is 4.53. The highest BCUT2D eigenvalue weighted by Crippen LogP contribution is 2.32. The Labute approximate surface area is 109 Å². The molecule has 1 aromatic rings. The molecule has 0 saturated carbocycles. The average molecular weight is 268 g/mol. The van der Waals surface area contributed by atoms with Gasteiger partial charge in [0.05, 0.1) is 6.61 Å². The maximum Gasteiger partial charge on any atom is 0.150 e. The standard InChI is InChI=1S/C13H16O6/c14-5-7-1-3-8(4-2-7)13-12(18)11(17)10(16)9(6-15)19-13/h1-5,9-13,15-18H,6H2/t9-,10-,11+,12-,13+/m1/s1. The molecule has 6 heteroatoms. The van der Waals surface area contributed by atoms with Gasteiger partial charge < -0.3 is 25.2 Å². The molecule has 0 bridgehead atoms. The third-order valence-corrected chi connectivity index (χ3v) is 3.29. The monoisotopic (exact) mass is 268 g/mol. The Bertz CT molecular complexity index is 429. The van der Waals surface area contributed by atoms with Crippen molar-refractivity contribution < 1.29 is 30.0 Å². The van der Waals surface area contributed by atoms with Gasteiger partial charge in [-0.1, -0.05) is 24.3 Å². The minimum atomic E-state index is -1.40. The van der Waals surface area contributed by atoms with Crippen LogP contribution >= 0.6 is 0 Å². The van der Waals surface area contributed by atoms with Crippen LogP contribution in [0.15, 0.2) is 24.3 Å². The van der Waals surface area contributed by atoms with Crippen LogP contribution in [0, 0.1) is 0 Å². The average Bonchev–Trinajstić information content (AvgIpc) is 2.45. The summed E-state index contributed by atoms with van der Waals surface area (Å²) in [6.07, 6.45) is -5.19. The zero-order valence-corrected chi connectivity index (χ0v) is 10.1. The molecule has 0 aliphatic carbocycles. The first-order valence-electron chi connectivity index (χ1n) is 5.94. The maximum absolute atomic E-state index is 10.6. The second-order valence-electron chi connectivity index (χ2n) is 4.53. The normalized spacial score (nSPS) is 35.1. The Morgan fingerprint density at radius 2 is 1.68 bits per heavy atom. The van der Waals surface area contributed by atoms with Crippen LogP contribution in [0.1, 0.15) is 22.0 Å². The molecule has 1 aromatic carbocycles. The summed E-state index contributed by atoms with van der Waals surface area (Å²) in [5.74, 6) is 0. The molecule has 104 valence electrons. The van der Waals surface area contributed by atoms with Crippen LogP contribution in [0.5, 0.6) is 0 Å². The number of hydrogen-bond donors (Lipinski definition) is 4. The molecule has 0 spiro atoms. The third kappa shape index (κ3) is 2.68.